The molecule has 0 amide bonds. The molecule has 0 radical (unpaired) electrons. The maximum absolute atomic E-state index is 2.52. The summed E-state index contributed by atoms with van der Waals surface area (Å²) in [6.45, 7) is 3.38. The van der Waals surface area contributed by atoms with E-state index in [1.807, 2.05) is 0 Å². The second-order valence-electron chi connectivity index (χ2n) is 8.17. The summed E-state index contributed by atoms with van der Waals surface area (Å²) in [7, 11) is 0. The van der Waals surface area contributed by atoms with Crippen molar-refractivity contribution in [1.29, 1.82) is 0 Å². The first-order valence-corrected chi connectivity index (χ1v) is 11.7. The van der Waals surface area contributed by atoms with Crippen molar-refractivity contribution in [2.75, 3.05) is 0 Å². The van der Waals surface area contributed by atoms with Gasteiger partial charge in [-0.05, 0) is 29.7 Å². The zero-order valence-corrected chi connectivity index (χ0v) is 18.2. The Kier molecular flexibility index (Phi) is 9.10. The Labute approximate surface area is 177 Å². The molecule has 0 unspecified atom stereocenters. The molecule has 1 nitrogen and oxygen atoms in total. The Balaban J connectivity index is 1.55. The molecule has 1 heteroatoms. The molecule has 3 aromatic rings. The van der Waals surface area contributed by atoms with Crippen molar-refractivity contribution in [2.45, 2.75) is 77.7 Å². The Morgan fingerprint density at radius 1 is 0.483 bits per heavy atom. The van der Waals surface area contributed by atoms with Crippen molar-refractivity contribution < 1.29 is 0 Å². The average molecular weight is 388 g/mol. The minimum absolute atomic E-state index is 1.10. The number of nitrogens with zero attached hydrogens (tertiary/aromatic N) is 1. The first-order valence-electron chi connectivity index (χ1n) is 11.7. The summed E-state index contributed by atoms with van der Waals surface area (Å²) in [4.78, 5) is 0. The van der Waals surface area contributed by atoms with E-state index in [1.54, 1.807) is 0 Å². The first kappa shape index (κ1) is 21.4. The van der Waals surface area contributed by atoms with Crippen LogP contribution in [0.15, 0.2) is 72.8 Å². The summed E-state index contributed by atoms with van der Waals surface area (Å²) in [6, 6.07) is 26.2. The van der Waals surface area contributed by atoms with Gasteiger partial charge >= 0.3 is 0 Å². The third kappa shape index (κ3) is 6.63. The van der Waals surface area contributed by atoms with Gasteiger partial charge in [0.15, 0.2) is 0 Å². The van der Waals surface area contributed by atoms with Gasteiger partial charge in [-0.15, -0.1) is 0 Å². The molecule has 0 aliphatic heterocycles. The summed E-state index contributed by atoms with van der Waals surface area (Å²) in [6.07, 6.45) is 13.8. The van der Waals surface area contributed by atoms with E-state index in [0.29, 0.717) is 0 Å². The van der Waals surface area contributed by atoms with Gasteiger partial charge in [-0.2, -0.15) is 0 Å². The maximum atomic E-state index is 2.52. The van der Waals surface area contributed by atoms with Crippen LogP contribution in [0.4, 0.5) is 0 Å². The number of hydrogen-bond donors (Lipinski definition) is 0. The van der Waals surface area contributed by atoms with Crippen molar-refractivity contribution in [3.63, 3.8) is 0 Å². The molecule has 2 aromatic carbocycles. The highest BCUT2D eigenvalue weighted by Crippen LogP contribution is 2.29. The molecule has 3 rings (SSSR count). The Bertz CT molecular complexity index is 744. The van der Waals surface area contributed by atoms with Gasteiger partial charge in [0.1, 0.15) is 0 Å². The van der Waals surface area contributed by atoms with Crippen LogP contribution < -0.4 is 0 Å². The largest absolute Gasteiger partial charge is 0.341 e. The molecule has 29 heavy (non-hydrogen) atoms. The molecule has 1 aromatic heterocycles. The molecule has 0 saturated carbocycles. The van der Waals surface area contributed by atoms with Crippen molar-refractivity contribution in [3.8, 4) is 22.5 Å². The van der Waals surface area contributed by atoms with Crippen LogP contribution in [-0.4, -0.2) is 4.57 Å². The highest BCUT2D eigenvalue weighted by atomic mass is 15.0. The molecule has 0 spiro atoms. The molecule has 0 fully saturated rings. The van der Waals surface area contributed by atoms with Crippen LogP contribution >= 0.6 is 0 Å². The van der Waals surface area contributed by atoms with Gasteiger partial charge in [-0.1, -0.05) is 125 Å². The van der Waals surface area contributed by atoms with E-state index in [2.05, 4.69) is 84.3 Å². The highest BCUT2D eigenvalue weighted by Gasteiger charge is 2.11. The Morgan fingerprint density at radius 3 is 1.34 bits per heavy atom. The molecule has 0 bridgehead atoms. The number of benzene rings is 2. The molecule has 0 saturated heterocycles. The van der Waals surface area contributed by atoms with Crippen molar-refractivity contribution >= 4 is 0 Å². The lowest BCUT2D eigenvalue weighted by molar-refractivity contribution is 0.537. The zero-order valence-electron chi connectivity index (χ0n) is 18.2. The molecule has 0 N–H and O–H groups in total. The fourth-order valence-electron chi connectivity index (χ4n) is 4.19. The normalized spacial score (nSPS) is 11.1. The average Bonchev–Trinajstić information content (AvgIpc) is 3.20. The summed E-state index contributed by atoms with van der Waals surface area (Å²) >= 11 is 0. The predicted molar refractivity (Wildman–Crippen MR) is 127 cm³/mol. The standard InChI is InChI=1S/C28H37N/c1-2-3-4-5-6-7-8-9-10-17-24-29-27(25-18-13-11-14-19-25)22-23-28(29)26-20-15-12-16-21-26/h11-16,18-23H,2-10,17,24H2,1H3. The predicted octanol–water partition coefficient (Wildman–Crippen LogP) is 8.74. The second kappa shape index (κ2) is 12.3. The van der Waals surface area contributed by atoms with E-state index in [1.165, 1.54) is 86.7 Å². The third-order valence-corrected chi connectivity index (χ3v) is 5.86. The van der Waals surface area contributed by atoms with Crippen molar-refractivity contribution in [2.24, 2.45) is 0 Å². The minimum Gasteiger partial charge on any atom is -0.341 e. The summed E-state index contributed by atoms with van der Waals surface area (Å²) in [5.41, 5.74) is 5.28. The van der Waals surface area contributed by atoms with Crippen LogP contribution in [0.5, 0.6) is 0 Å². The molecular formula is C28H37N. The van der Waals surface area contributed by atoms with Crippen molar-refractivity contribution in [1.82, 2.24) is 4.57 Å². The highest BCUT2D eigenvalue weighted by molar-refractivity contribution is 5.69. The van der Waals surface area contributed by atoms with Crippen LogP contribution in [0.25, 0.3) is 22.5 Å². The minimum atomic E-state index is 1.10. The summed E-state index contributed by atoms with van der Waals surface area (Å²) in [5.74, 6) is 0. The van der Waals surface area contributed by atoms with E-state index in [9.17, 15) is 0 Å². The van der Waals surface area contributed by atoms with Gasteiger partial charge in [-0.3, -0.25) is 0 Å². The lowest BCUT2D eigenvalue weighted by Crippen LogP contribution is -2.02. The molecule has 1 heterocycles. The Morgan fingerprint density at radius 2 is 0.897 bits per heavy atom. The zero-order chi connectivity index (χ0) is 20.2. The monoisotopic (exact) mass is 387 g/mol. The lowest BCUT2D eigenvalue weighted by Gasteiger charge is -2.14. The number of rotatable bonds is 13. The molecular weight excluding hydrogens is 350 g/mol. The molecule has 0 aliphatic carbocycles. The van der Waals surface area contributed by atoms with Gasteiger partial charge in [0.25, 0.3) is 0 Å². The van der Waals surface area contributed by atoms with E-state index in [4.69, 9.17) is 0 Å². The van der Waals surface area contributed by atoms with Crippen LogP contribution in [0.3, 0.4) is 0 Å². The van der Waals surface area contributed by atoms with E-state index >= 15 is 0 Å². The van der Waals surface area contributed by atoms with Crippen molar-refractivity contribution in [3.05, 3.63) is 72.8 Å². The van der Waals surface area contributed by atoms with Gasteiger partial charge in [0, 0.05) is 17.9 Å². The third-order valence-electron chi connectivity index (χ3n) is 5.86. The van der Waals surface area contributed by atoms with Gasteiger partial charge in [-0.25, -0.2) is 0 Å². The van der Waals surface area contributed by atoms with E-state index in [-0.39, 0.29) is 0 Å². The quantitative estimate of drug-likeness (QED) is 0.258. The van der Waals surface area contributed by atoms with Crippen LogP contribution in [-0.2, 0) is 6.54 Å². The van der Waals surface area contributed by atoms with Gasteiger partial charge in [0.05, 0.1) is 0 Å². The van der Waals surface area contributed by atoms with E-state index in [0.717, 1.165) is 6.54 Å². The van der Waals surface area contributed by atoms with Crippen LogP contribution in [0.1, 0.15) is 71.1 Å². The first-order chi connectivity index (χ1) is 14.4. The lowest BCUT2D eigenvalue weighted by atomic mass is 10.1. The molecule has 0 atom stereocenters. The molecule has 0 aliphatic rings. The number of unbranched alkanes of at least 4 members (excludes halogenated alkanes) is 9. The molecule has 154 valence electrons. The number of hydrogen-bond acceptors (Lipinski definition) is 0. The summed E-state index contributed by atoms with van der Waals surface area (Å²) in [5, 5.41) is 0. The number of aromatic nitrogens is 1. The van der Waals surface area contributed by atoms with E-state index < -0.39 is 0 Å². The second-order valence-corrected chi connectivity index (χ2v) is 8.17. The Hall–Kier alpha value is -2.28. The SMILES string of the molecule is CCCCCCCCCCCCn1c(-c2ccccc2)ccc1-c1ccccc1. The fraction of sp³-hybridized carbons (Fsp3) is 0.429. The smallest absolute Gasteiger partial charge is 0.0485 e. The van der Waals surface area contributed by atoms with Gasteiger partial charge < -0.3 is 4.57 Å². The summed E-state index contributed by atoms with van der Waals surface area (Å²) < 4.78 is 2.52. The van der Waals surface area contributed by atoms with Gasteiger partial charge in [0.2, 0.25) is 0 Å². The van der Waals surface area contributed by atoms with Crippen LogP contribution in [0.2, 0.25) is 0 Å². The maximum Gasteiger partial charge on any atom is 0.0485 e. The topological polar surface area (TPSA) is 4.93 Å². The van der Waals surface area contributed by atoms with Crippen LogP contribution in [0, 0.1) is 0 Å². The fourth-order valence-corrected chi connectivity index (χ4v) is 4.19.